The Morgan fingerprint density at radius 3 is 3.05 bits per heavy atom. The lowest BCUT2D eigenvalue weighted by Crippen LogP contribution is -2.37. The minimum atomic E-state index is -0.0572. The molecule has 0 spiro atoms. The van der Waals surface area contributed by atoms with E-state index in [1.54, 1.807) is 17.0 Å². The molecule has 0 radical (unpaired) electrons. The van der Waals surface area contributed by atoms with Gasteiger partial charge in [0, 0.05) is 24.2 Å². The van der Waals surface area contributed by atoms with E-state index in [1.807, 2.05) is 6.07 Å². The molecule has 0 aromatic heterocycles. The molecule has 0 aliphatic carbocycles. The molecule has 0 saturated carbocycles. The predicted octanol–water partition coefficient (Wildman–Crippen LogP) is 1.17. The van der Waals surface area contributed by atoms with Crippen molar-refractivity contribution in [3.63, 3.8) is 0 Å². The second-order valence-corrected chi connectivity index (χ2v) is 5.40. The topological polar surface area (TPSA) is 69.6 Å². The highest BCUT2D eigenvalue weighted by atomic mass is 16.3. The van der Waals surface area contributed by atoms with Crippen LogP contribution in [0.25, 0.3) is 0 Å². The molecule has 1 saturated heterocycles. The van der Waals surface area contributed by atoms with Gasteiger partial charge < -0.3 is 15.3 Å². The van der Waals surface area contributed by atoms with E-state index in [2.05, 4.69) is 5.32 Å². The molecule has 2 aliphatic heterocycles. The zero-order valence-corrected chi connectivity index (χ0v) is 11.3. The molecular weight excluding hydrogens is 256 g/mol. The lowest BCUT2D eigenvalue weighted by Gasteiger charge is -2.24. The van der Waals surface area contributed by atoms with Gasteiger partial charge in [-0.15, -0.1) is 0 Å². The summed E-state index contributed by atoms with van der Waals surface area (Å²) >= 11 is 0. The van der Waals surface area contributed by atoms with Crippen LogP contribution in [0.15, 0.2) is 18.2 Å². The minimum absolute atomic E-state index is 0.0206. The Morgan fingerprint density at radius 2 is 2.25 bits per heavy atom. The first-order chi connectivity index (χ1) is 9.69. The van der Waals surface area contributed by atoms with Crippen molar-refractivity contribution in [1.82, 2.24) is 4.90 Å². The molecule has 20 heavy (non-hydrogen) atoms. The van der Waals surface area contributed by atoms with Crippen LogP contribution in [0.2, 0.25) is 0 Å². The van der Waals surface area contributed by atoms with Gasteiger partial charge in [-0.25, -0.2) is 0 Å². The Kier molecular flexibility index (Phi) is 3.44. The van der Waals surface area contributed by atoms with Crippen molar-refractivity contribution in [1.29, 1.82) is 0 Å². The normalized spacial score (nSPS) is 21.6. The maximum atomic E-state index is 12.5. The number of aryl methyl sites for hydroxylation is 1. The Hall–Kier alpha value is -1.88. The van der Waals surface area contributed by atoms with E-state index < -0.39 is 0 Å². The zero-order chi connectivity index (χ0) is 14.1. The Labute approximate surface area is 117 Å². The number of nitrogens with zero attached hydrogens (tertiary/aromatic N) is 1. The summed E-state index contributed by atoms with van der Waals surface area (Å²) in [5.74, 6) is -0.00212. The van der Waals surface area contributed by atoms with Crippen LogP contribution < -0.4 is 5.32 Å². The summed E-state index contributed by atoms with van der Waals surface area (Å²) in [5, 5.41) is 12.1. The summed E-state index contributed by atoms with van der Waals surface area (Å²) in [7, 11) is 0. The van der Waals surface area contributed by atoms with E-state index in [4.69, 9.17) is 0 Å². The number of carbonyl (C=O) groups is 2. The smallest absolute Gasteiger partial charge is 0.254 e. The molecule has 2 N–H and O–H groups in total. The molecule has 5 heteroatoms. The number of carbonyl (C=O) groups excluding carboxylic acids is 2. The van der Waals surface area contributed by atoms with Crippen LogP contribution in [0.4, 0.5) is 5.69 Å². The molecule has 3 rings (SSSR count). The Balaban J connectivity index is 1.84. The first-order valence-electron chi connectivity index (χ1n) is 7.03. The number of aliphatic hydroxyl groups is 1. The maximum Gasteiger partial charge on any atom is 0.254 e. The van der Waals surface area contributed by atoms with E-state index in [0.29, 0.717) is 24.9 Å². The number of hydrogen-bond donors (Lipinski definition) is 2. The highest BCUT2D eigenvalue weighted by Crippen LogP contribution is 2.26. The molecule has 1 aromatic carbocycles. The molecule has 0 unspecified atom stereocenters. The van der Waals surface area contributed by atoms with Crippen LogP contribution in [0.1, 0.15) is 35.2 Å². The second-order valence-electron chi connectivity index (χ2n) is 5.40. The van der Waals surface area contributed by atoms with Crippen molar-refractivity contribution in [3.8, 4) is 0 Å². The molecule has 106 valence electrons. The fraction of sp³-hybridized carbons (Fsp3) is 0.467. The predicted molar refractivity (Wildman–Crippen MR) is 74.5 cm³/mol. The van der Waals surface area contributed by atoms with Crippen molar-refractivity contribution in [2.24, 2.45) is 0 Å². The third-order valence-corrected chi connectivity index (χ3v) is 4.10. The average Bonchev–Trinajstić information content (AvgIpc) is 2.94. The summed E-state index contributed by atoms with van der Waals surface area (Å²) in [6.07, 6.45) is 2.94. The Bertz CT molecular complexity index is 556. The van der Waals surface area contributed by atoms with E-state index >= 15 is 0 Å². The molecular formula is C15H18N2O3. The highest BCUT2D eigenvalue weighted by molar-refractivity contribution is 5.98. The standard InChI is InChI=1S/C15H18N2O3/c18-9-12-2-1-7-17(12)15(20)11-3-5-13-10(8-11)4-6-14(19)16-13/h3,5,8,12,18H,1-2,4,6-7,9H2,(H,16,19)/t12-/m0/s1. The number of hydrogen-bond acceptors (Lipinski definition) is 3. The van der Waals surface area contributed by atoms with E-state index in [0.717, 1.165) is 24.1 Å². The number of likely N-dealkylation sites (tertiary alicyclic amines) is 1. The largest absolute Gasteiger partial charge is 0.394 e. The monoisotopic (exact) mass is 274 g/mol. The molecule has 5 nitrogen and oxygen atoms in total. The van der Waals surface area contributed by atoms with Gasteiger partial charge in [0.15, 0.2) is 0 Å². The molecule has 1 atom stereocenters. The van der Waals surface area contributed by atoms with Gasteiger partial charge in [0.1, 0.15) is 0 Å². The van der Waals surface area contributed by atoms with Crippen LogP contribution in [-0.2, 0) is 11.2 Å². The van der Waals surface area contributed by atoms with Crippen molar-refractivity contribution in [2.75, 3.05) is 18.5 Å². The summed E-state index contributed by atoms with van der Waals surface area (Å²) in [4.78, 5) is 25.6. The number of rotatable bonds is 2. The van der Waals surface area contributed by atoms with Gasteiger partial charge >= 0.3 is 0 Å². The molecule has 2 aliphatic rings. The average molecular weight is 274 g/mol. The van der Waals surface area contributed by atoms with E-state index in [-0.39, 0.29) is 24.5 Å². The number of nitrogens with one attached hydrogen (secondary N) is 1. The van der Waals surface area contributed by atoms with Crippen LogP contribution in [0, 0.1) is 0 Å². The second kappa shape index (κ2) is 5.25. The lowest BCUT2D eigenvalue weighted by atomic mass is 10.00. The van der Waals surface area contributed by atoms with Crippen molar-refractivity contribution in [3.05, 3.63) is 29.3 Å². The first kappa shape index (κ1) is 13.1. The van der Waals surface area contributed by atoms with Gasteiger partial charge in [0.05, 0.1) is 12.6 Å². The molecule has 2 amide bonds. The summed E-state index contributed by atoms with van der Waals surface area (Å²) < 4.78 is 0. The maximum absolute atomic E-state index is 12.5. The molecule has 1 fully saturated rings. The fourth-order valence-electron chi connectivity index (χ4n) is 2.98. The van der Waals surface area contributed by atoms with E-state index in [9.17, 15) is 14.7 Å². The quantitative estimate of drug-likeness (QED) is 0.850. The van der Waals surface area contributed by atoms with Crippen LogP contribution in [-0.4, -0.2) is 41.0 Å². The number of aliphatic hydroxyl groups excluding tert-OH is 1. The number of amides is 2. The third-order valence-electron chi connectivity index (χ3n) is 4.10. The molecule has 0 bridgehead atoms. The minimum Gasteiger partial charge on any atom is -0.394 e. The van der Waals surface area contributed by atoms with Gasteiger partial charge in [-0.1, -0.05) is 0 Å². The highest BCUT2D eigenvalue weighted by Gasteiger charge is 2.29. The van der Waals surface area contributed by atoms with Crippen molar-refractivity contribution in [2.45, 2.75) is 31.7 Å². The van der Waals surface area contributed by atoms with Gasteiger partial charge in [0.2, 0.25) is 5.91 Å². The first-order valence-corrected chi connectivity index (χ1v) is 7.03. The Morgan fingerprint density at radius 1 is 1.40 bits per heavy atom. The fourth-order valence-corrected chi connectivity index (χ4v) is 2.98. The van der Waals surface area contributed by atoms with E-state index in [1.165, 1.54) is 0 Å². The molecule has 2 heterocycles. The van der Waals surface area contributed by atoms with Gasteiger partial charge in [-0.3, -0.25) is 9.59 Å². The van der Waals surface area contributed by atoms with Crippen LogP contribution in [0.3, 0.4) is 0 Å². The SMILES string of the molecule is O=C1CCc2cc(C(=O)N3CCC[C@H]3CO)ccc2N1. The van der Waals surface area contributed by atoms with Crippen LogP contribution >= 0.6 is 0 Å². The summed E-state index contributed by atoms with van der Waals surface area (Å²) in [5.41, 5.74) is 2.45. The van der Waals surface area contributed by atoms with Crippen molar-refractivity contribution < 1.29 is 14.7 Å². The number of anilines is 1. The lowest BCUT2D eigenvalue weighted by molar-refractivity contribution is -0.116. The summed E-state index contributed by atoms with van der Waals surface area (Å²) in [6.45, 7) is 0.727. The zero-order valence-electron chi connectivity index (χ0n) is 11.3. The van der Waals surface area contributed by atoms with Crippen molar-refractivity contribution >= 4 is 17.5 Å². The summed E-state index contributed by atoms with van der Waals surface area (Å²) in [6, 6.07) is 5.35. The van der Waals surface area contributed by atoms with Gasteiger partial charge in [-0.05, 0) is 43.0 Å². The van der Waals surface area contributed by atoms with Gasteiger partial charge in [-0.2, -0.15) is 0 Å². The van der Waals surface area contributed by atoms with Crippen LogP contribution in [0.5, 0.6) is 0 Å². The van der Waals surface area contributed by atoms with Gasteiger partial charge in [0.25, 0.3) is 5.91 Å². The number of fused-ring (bicyclic) bond motifs is 1. The third kappa shape index (κ3) is 2.29. The molecule has 1 aromatic rings. The number of benzene rings is 1.